The molecule has 0 heterocycles. The largest absolute Gasteiger partial charge is 0.409 e. The monoisotopic (exact) mass is 283 g/mol. The molecule has 0 bridgehead atoms. The zero-order chi connectivity index (χ0) is 14.8. The molecule has 0 aromatic heterocycles. The lowest BCUT2D eigenvalue weighted by molar-refractivity contribution is -0.145. The van der Waals surface area contributed by atoms with Gasteiger partial charge in [0, 0.05) is 19.7 Å². The molecule has 20 heavy (non-hydrogen) atoms. The maximum atomic E-state index is 12.9. The Morgan fingerprint density at radius 2 is 2.20 bits per heavy atom. The molecule has 114 valence electrons. The molecule has 0 spiro atoms. The van der Waals surface area contributed by atoms with Gasteiger partial charge in [0.2, 0.25) is 5.91 Å². The summed E-state index contributed by atoms with van der Waals surface area (Å²) in [6, 6.07) is 0.196. The van der Waals surface area contributed by atoms with Gasteiger partial charge < -0.3 is 20.6 Å². The van der Waals surface area contributed by atoms with Crippen molar-refractivity contribution < 1.29 is 14.7 Å². The number of nitrogens with zero attached hydrogens (tertiary/aromatic N) is 2. The van der Waals surface area contributed by atoms with Crippen molar-refractivity contribution in [3.63, 3.8) is 0 Å². The van der Waals surface area contributed by atoms with Gasteiger partial charge in [0.15, 0.2) is 5.84 Å². The molecular weight excluding hydrogens is 258 g/mol. The first-order valence-electron chi connectivity index (χ1n) is 7.35. The molecule has 2 rings (SSSR count). The number of nitrogens with two attached hydrogens (primary N) is 1. The van der Waals surface area contributed by atoms with Crippen LogP contribution in [0.5, 0.6) is 0 Å². The lowest BCUT2D eigenvalue weighted by Crippen LogP contribution is -2.57. The van der Waals surface area contributed by atoms with Crippen molar-refractivity contribution in [2.24, 2.45) is 22.2 Å². The van der Waals surface area contributed by atoms with Crippen molar-refractivity contribution in [2.45, 2.75) is 45.1 Å². The van der Waals surface area contributed by atoms with Gasteiger partial charge >= 0.3 is 0 Å². The van der Waals surface area contributed by atoms with E-state index >= 15 is 0 Å². The van der Waals surface area contributed by atoms with Gasteiger partial charge in [-0.1, -0.05) is 11.6 Å². The summed E-state index contributed by atoms with van der Waals surface area (Å²) in [5.41, 5.74) is 5.01. The Labute approximate surface area is 119 Å². The quantitative estimate of drug-likeness (QED) is 0.318. The molecule has 2 saturated carbocycles. The molecule has 3 N–H and O–H groups in total. The molecule has 1 atom stereocenters. The van der Waals surface area contributed by atoms with E-state index in [2.05, 4.69) is 12.1 Å². The van der Waals surface area contributed by atoms with Crippen LogP contribution in [0.25, 0.3) is 0 Å². The van der Waals surface area contributed by atoms with Crippen LogP contribution in [0.3, 0.4) is 0 Å². The molecule has 2 fully saturated rings. The highest BCUT2D eigenvalue weighted by molar-refractivity contribution is 6.07. The number of hydrogen-bond donors (Lipinski definition) is 2. The first-order chi connectivity index (χ1) is 9.56. The van der Waals surface area contributed by atoms with E-state index in [0.717, 1.165) is 6.42 Å². The van der Waals surface area contributed by atoms with Gasteiger partial charge in [-0.05, 0) is 38.5 Å². The van der Waals surface area contributed by atoms with Crippen LogP contribution in [0.2, 0.25) is 0 Å². The van der Waals surface area contributed by atoms with Crippen LogP contribution < -0.4 is 5.73 Å². The SMILES string of the molecule is COCCN(C(=O)C1(C(N)=NO)CCC1)C(C)C1CC1. The number of amidine groups is 1. The Morgan fingerprint density at radius 3 is 2.60 bits per heavy atom. The zero-order valence-corrected chi connectivity index (χ0v) is 12.3. The zero-order valence-electron chi connectivity index (χ0n) is 12.3. The minimum atomic E-state index is -0.786. The maximum absolute atomic E-state index is 12.9. The number of ether oxygens (including phenoxy) is 1. The summed E-state index contributed by atoms with van der Waals surface area (Å²) in [5.74, 6) is 0.634. The molecule has 2 aliphatic carbocycles. The fourth-order valence-corrected chi connectivity index (χ4v) is 2.99. The Kier molecular flexibility index (Phi) is 4.52. The molecule has 0 radical (unpaired) electrons. The summed E-state index contributed by atoms with van der Waals surface area (Å²) in [4.78, 5) is 14.8. The number of carbonyl (C=O) groups excluding carboxylic acids is 1. The maximum Gasteiger partial charge on any atom is 0.236 e. The second-order valence-electron chi connectivity index (χ2n) is 5.99. The molecule has 2 aliphatic rings. The van der Waals surface area contributed by atoms with Crippen LogP contribution >= 0.6 is 0 Å². The van der Waals surface area contributed by atoms with E-state index in [1.165, 1.54) is 12.8 Å². The van der Waals surface area contributed by atoms with E-state index in [1.807, 2.05) is 4.90 Å². The van der Waals surface area contributed by atoms with Crippen LogP contribution in [0.4, 0.5) is 0 Å². The number of oxime groups is 1. The van der Waals surface area contributed by atoms with Crippen LogP contribution in [0, 0.1) is 11.3 Å². The van der Waals surface area contributed by atoms with Crippen molar-refractivity contribution in [3.05, 3.63) is 0 Å². The van der Waals surface area contributed by atoms with E-state index in [0.29, 0.717) is 31.9 Å². The Morgan fingerprint density at radius 1 is 1.55 bits per heavy atom. The molecule has 6 nitrogen and oxygen atoms in total. The van der Waals surface area contributed by atoms with Crippen molar-refractivity contribution in [1.29, 1.82) is 0 Å². The van der Waals surface area contributed by atoms with Gasteiger partial charge in [0.05, 0.1) is 6.61 Å². The Hall–Kier alpha value is -1.30. The Bertz CT molecular complexity index is 389. The van der Waals surface area contributed by atoms with Crippen molar-refractivity contribution in [1.82, 2.24) is 4.90 Å². The highest BCUT2D eigenvalue weighted by Gasteiger charge is 2.51. The smallest absolute Gasteiger partial charge is 0.236 e. The fourth-order valence-electron chi connectivity index (χ4n) is 2.99. The second kappa shape index (κ2) is 5.99. The summed E-state index contributed by atoms with van der Waals surface area (Å²) in [6.07, 6.45) is 4.63. The average Bonchev–Trinajstić information content (AvgIpc) is 3.21. The van der Waals surface area contributed by atoms with Gasteiger partial charge in [-0.2, -0.15) is 0 Å². The van der Waals surface area contributed by atoms with E-state index in [4.69, 9.17) is 15.7 Å². The molecule has 6 heteroatoms. The van der Waals surface area contributed by atoms with Crippen LogP contribution in [0.15, 0.2) is 5.16 Å². The average molecular weight is 283 g/mol. The minimum absolute atomic E-state index is 0.00417. The molecular formula is C14H25N3O3. The highest BCUT2D eigenvalue weighted by Crippen LogP contribution is 2.44. The van der Waals surface area contributed by atoms with Crippen LogP contribution in [-0.2, 0) is 9.53 Å². The van der Waals surface area contributed by atoms with Gasteiger partial charge in [-0.25, -0.2) is 0 Å². The van der Waals surface area contributed by atoms with Crippen LogP contribution in [0.1, 0.15) is 39.0 Å². The number of amides is 1. The van der Waals surface area contributed by atoms with Gasteiger partial charge in [0.25, 0.3) is 0 Å². The first-order valence-corrected chi connectivity index (χ1v) is 7.35. The lowest BCUT2D eigenvalue weighted by Gasteiger charge is -2.44. The third kappa shape index (κ3) is 2.61. The summed E-state index contributed by atoms with van der Waals surface area (Å²) in [6.45, 7) is 3.16. The van der Waals surface area contributed by atoms with Crippen LogP contribution in [-0.4, -0.2) is 48.2 Å². The van der Waals surface area contributed by atoms with Gasteiger partial charge in [0.1, 0.15) is 5.41 Å². The Balaban J connectivity index is 2.16. The molecule has 0 aromatic rings. The molecule has 0 aliphatic heterocycles. The predicted molar refractivity (Wildman–Crippen MR) is 75.5 cm³/mol. The van der Waals surface area contributed by atoms with Crippen molar-refractivity contribution in [2.75, 3.05) is 20.3 Å². The number of carbonyl (C=O) groups is 1. The normalized spacial score (nSPS) is 23.0. The highest BCUT2D eigenvalue weighted by atomic mass is 16.5. The first kappa shape index (κ1) is 15.1. The second-order valence-corrected chi connectivity index (χ2v) is 5.99. The predicted octanol–water partition coefficient (Wildman–Crippen LogP) is 1.18. The van der Waals surface area contributed by atoms with E-state index in [-0.39, 0.29) is 17.8 Å². The molecule has 0 aromatic carbocycles. The lowest BCUT2D eigenvalue weighted by atomic mass is 9.66. The van der Waals surface area contributed by atoms with Crippen molar-refractivity contribution in [3.8, 4) is 0 Å². The van der Waals surface area contributed by atoms with E-state index in [9.17, 15) is 4.79 Å². The number of hydrogen-bond acceptors (Lipinski definition) is 4. The topological polar surface area (TPSA) is 88.2 Å². The number of methoxy groups -OCH3 is 1. The molecule has 1 amide bonds. The van der Waals surface area contributed by atoms with E-state index < -0.39 is 5.41 Å². The standard InChI is InChI=1S/C14H25N3O3/c1-10(11-4-5-11)17(8-9-20-2)13(18)14(6-3-7-14)12(15)16-19/h10-11,19H,3-9H2,1-2H3,(H2,15,16). The van der Waals surface area contributed by atoms with Crippen molar-refractivity contribution >= 4 is 11.7 Å². The third-order valence-electron chi connectivity index (χ3n) is 4.81. The third-order valence-corrected chi connectivity index (χ3v) is 4.81. The molecule has 1 unspecified atom stereocenters. The summed E-state index contributed by atoms with van der Waals surface area (Å²) in [7, 11) is 1.63. The fraction of sp³-hybridized carbons (Fsp3) is 0.857. The van der Waals surface area contributed by atoms with Gasteiger partial charge in [-0.3, -0.25) is 4.79 Å². The summed E-state index contributed by atoms with van der Waals surface area (Å²) >= 11 is 0. The summed E-state index contributed by atoms with van der Waals surface area (Å²) in [5, 5.41) is 12.1. The van der Waals surface area contributed by atoms with Gasteiger partial charge in [-0.15, -0.1) is 0 Å². The van der Waals surface area contributed by atoms with E-state index in [1.54, 1.807) is 7.11 Å². The minimum Gasteiger partial charge on any atom is -0.409 e. The number of rotatable bonds is 7. The molecule has 0 saturated heterocycles. The summed E-state index contributed by atoms with van der Waals surface area (Å²) < 4.78 is 5.12.